The van der Waals surface area contributed by atoms with E-state index < -0.39 is 0 Å². The predicted octanol–water partition coefficient (Wildman–Crippen LogP) is 3.11. The molecule has 0 radical (unpaired) electrons. The van der Waals surface area contributed by atoms with Crippen molar-refractivity contribution in [2.45, 2.75) is 52.9 Å². The third kappa shape index (κ3) is 4.65. The van der Waals surface area contributed by atoms with Crippen molar-refractivity contribution >= 4 is 5.78 Å². The molecule has 2 nitrogen and oxygen atoms in total. The highest BCUT2D eigenvalue weighted by Crippen LogP contribution is 2.24. The van der Waals surface area contributed by atoms with Crippen LogP contribution in [0.2, 0.25) is 0 Å². The zero-order valence-electron chi connectivity index (χ0n) is 11.2. The van der Waals surface area contributed by atoms with Crippen LogP contribution in [-0.4, -0.2) is 30.3 Å². The van der Waals surface area contributed by atoms with E-state index >= 15 is 0 Å². The molecule has 0 aromatic carbocycles. The van der Waals surface area contributed by atoms with E-state index in [2.05, 4.69) is 25.7 Å². The van der Waals surface area contributed by atoms with Gasteiger partial charge in [-0.2, -0.15) is 0 Å². The SMILES string of the molecule is CCN(CC(=O)C1CCCCC1)CC(C)C. The van der Waals surface area contributed by atoms with Crippen molar-refractivity contribution in [3.63, 3.8) is 0 Å². The molecule has 94 valence electrons. The highest BCUT2D eigenvalue weighted by atomic mass is 16.1. The van der Waals surface area contributed by atoms with Crippen molar-refractivity contribution in [2.24, 2.45) is 11.8 Å². The van der Waals surface area contributed by atoms with Gasteiger partial charge in [-0.3, -0.25) is 9.69 Å². The van der Waals surface area contributed by atoms with Gasteiger partial charge in [-0.1, -0.05) is 40.0 Å². The van der Waals surface area contributed by atoms with E-state index in [9.17, 15) is 4.79 Å². The molecule has 0 atom stereocenters. The summed E-state index contributed by atoms with van der Waals surface area (Å²) in [6.07, 6.45) is 6.11. The third-order valence-electron chi connectivity index (χ3n) is 3.51. The molecule has 1 rings (SSSR count). The van der Waals surface area contributed by atoms with Gasteiger partial charge in [0.1, 0.15) is 5.78 Å². The van der Waals surface area contributed by atoms with Crippen molar-refractivity contribution in [3.8, 4) is 0 Å². The Morgan fingerprint density at radius 2 is 1.88 bits per heavy atom. The van der Waals surface area contributed by atoms with Crippen LogP contribution >= 0.6 is 0 Å². The summed E-state index contributed by atoms with van der Waals surface area (Å²) < 4.78 is 0. The molecule has 1 saturated carbocycles. The number of nitrogens with zero attached hydrogens (tertiary/aromatic N) is 1. The first-order chi connectivity index (χ1) is 7.63. The largest absolute Gasteiger partial charge is 0.298 e. The van der Waals surface area contributed by atoms with Gasteiger partial charge in [0, 0.05) is 12.5 Å². The topological polar surface area (TPSA) is 20.3 Å². The average molecular weight is 225 g/mol. The summed E-state index contributed by atoms with van der Waals surface area (Å²) in [6.45, 7) is 9.31. The Labute approximate surface area is 100 Å². The number of Topliss-reactive ketones (excluding diaryl/α,β-unsaturated/α-hetero) is 1. The monoisotopic (exact) mass is 225 g/mol. The average Bonchev–Trinajstić information content (AvgIpc) is 2.28. The second-order valence-electron chi connectivity index (χ2n) is 5.52. The molecule has 0 unspecified atom stereocenters. The molecule has 0 aromatic rings. The van der Waals surface area contributed by atoms with E-state index in [0.29, 0.717) is 24.2 Å². The molecule has 2 heteroatoms. The Hall–Kier alpha value is -0.370. The standard InChI is InChI=1S/C14H27NO/c1-4-15(10-12(2)3)11-14(16)13-8-6-5-7-9-13/h12-13H,4-11H2,1-3H3. The minimum Gasteiger partial charge on any atom is -0.298 e. The molecule has 0 saturated heterocycles. The Kier molecular flexibility index (Phi) is 6.04. The lowest BCUT2D eigenvalue weighted by molar-refractivity contribution is -0.125. The summed E-state index contributed by atoms with van der Waals surface area (Å²) in [5.74, 6) is 1.51. The first-order valence-corrected chi connectivity index (χ1v) is 6.88. The summed E-state index contributed by atoms with van der Waals surface area (Å²) in [5, 5.41) is 0. The third-order valence-corrected chi connectivity index (χ3v) is 3.51. The van der Waals surface area contributed by atoms with Crippen LogP contribution in [0, 0.1) is 11.8 Å². The van der Waals surface area contributed by atoms with E-state index in [4.69, 9.17) is 0 Å². The van der Waals surface area contributed by atoms with Crippen LogP contribution in [0.5, 0.6) is 0 Å². The molecular formula is C14H27NO. The van der Waals surface area contributed by atoms with Crippen molar-refractivity contribution < 1.29 is 4.79 Å². The van der Waals surface area contributed by atoms with Gasteiger partial charge < -0.3 is 0 Å². The van der Waals surface area contributed by atoms with Crippen LogP contribution in [0.25, 0.3) is 0 Å². The quantitative estimate of drug-likeness (QED) is 0.692. The molecule has 0 spiro atoms. The molecule has 16 heavy (non-hydrogen) atoms. The Balaban J connectivity index is 2.35. The van der Waals surface area contributed by atoms with Crippen molar-refractivity contribution in [2.75, 3.05) is 19.6 Å². The van der Waals surface area contributed by atoms with E-state index in [1.165, 1.54) is 19.3 Å². The number of hydrogen-bond donors (Lipinski definition) is 0. The number of hydrogen-bond acceptors (Lipinski definition) is 2. The zero-order chi connectivity index (χ0) is 12.0. The lowest BCUT2D eigenvalue weighted by atomic mass is 9.86. The molecule has 0 bridgehead atoms. The molecule has 0 heterocycles. The molecule has 1 aliphatic rings. The number of carbonyl (C=O) groups is 1. The van der Waals surface area contributed by atoms with E-state index in [1.807, 2.05) is 0 Å². The second kappa shape index (κ2) is 7.05. The van der Waals surface area contributed by atoms with Crippen LogP contribution in [0.3, 0.4) is 0 Å². The molecule has 0 N–H and O–H groups in total. The van der Waals surface area contributed by atoms with Crippen LogP contribution in [0.4, 0.5) is 0 Å². The van der Waals surface area contributed by atoms with Gasteiger partial charge in [0.05, 0.1) is 6.54 Å². The maximum Gasteiger partial charge on any atom is 0.149 e. The van der Waals surface area contributed by atoms with E-state index in [-0.39, 0.29) is 0 Å². The van der Waals surface area contributed by atoms with Crippen LogP contribution in [0.15, 0.2) is 0 Å². The van der Waals surface area contributed by atoms with Gasteiger partial charge >= 0.3 is 0 Å². The van der Waals surface area contributed by atoms with Gasteiger partial charge in [-0.15, -0.1) is 0 Å². The minimum absolute atomic E-state index is 0.370. The number of ketones is 1. The number of rotatable bonds is 6. The Morgan fingerprint density at radius 3 is 2.38 bits per heavy atom. The molecule has 1 fully saturated rings. The van der Waals surface area contributed by atoms with Gasteiger partial charge in [0.15, 0.2) is 0 Å². The fourth-order valence-corrected chi connectivity index (χ4v) is 2.60. The fourth-order valence-electron chi connectivity index (χ4n) is 2.60. The predicted molar refractivity (Wildman–Crippen MR) is 68.5 cm³/mol. The smallest absolute Gasteiger partial charge is 0.149 e. The molecule has 0 aromatic heterocycles. The van der Waals surface area contributed by atoms with E-state index in [1.54, 1.807) is 0 Å². The van der Waals surface area contributed by atoms with Gasteiger partial charge in [0.25, 0.3) is 0 Å². The van der Waals surface area contributed by atoms with Gasteiger partial charge in [-0.05, 0) is 25.3 Å². The maximum atomic E-state index is 12.1. The Bertz CT molecular complexity index is 207. The summed E-state index contributed by atoms with van der Waals surface area (Å²) in [6, 6.07) is 0. The van der Waals surface area contributed by atoms with Crippen molar-refractivity contribution in [3.05, 3.63) is 0 Å². The highest BCUT2D eigenvalue weighted by Gasteiger charge is 2.22. The van der Waals surface area contributed by atoms with Crippen molar-refractivity contribution in [1.82, 2.24) is 4.90 Å². The van der Waals surface area contributed by atoms with Crippen LogP contribution in [-0.2, 0) is 4.79 Å². The van der Waals surface area contributed by atoms with Crippen molar-refractivity contribution in [1.29, 1.82) is 0 Å². The first-order valence-electron chi connectivity index (χ1n) is 6.88. The number of likely N-dealkylation sites (N-methyl/N-ethyl adjacent to an activating group) is 1. The fraction of sp³-hybridized carbons (Fsp3) is 0.929. The summed E-state index contributed by atoms with van der Waals surface area (Å²) in [5.41, 5.74) is 0. The van der Waals surface area contributed by atoms with Crippen LogP contribution < -0.4 is 0 Å². The summed E-state index contributed by atoms with van der Waals surface area (Å²) >= 11 is 0. The molecular weight excluding hydrogens is 198 g/mol. The van der Waals surface area contributed by atoms with Gasteiger partial charge in [-0.25, -0.2) is 0 Å². The van der Waals surface area contributed by atoms with Gasteiger partial charge in [0.2, 0.25) is 0 Å². The van der Waals surface area contributed by atoms with Crippen LogP contribution in [0.1, 0.15) is 52.9 Å². The second-order valence-corrected chi connectivity index (χ2v) is 5.52. The number of carbonyl (C=O) groups excluding carboxylic acids is 1. The summed E-state index contributed by atoms with van der Waals surface area (Å²) in [7, 11) is 0. The molecule has 0 aliphatic heterocycles. The first kappa shape index (κ1) is 13.7. The normalized spacial score (nSPS) is 18.3. The lowest BCUT2D eigenvalue weighted by Crippen LogP contribution is -2.36. The minimum atomic E-state index is 0.370. The Morgan fingerprint density at radius 1 is 1.25 bits per heavy atom. The van der Waals surface area contributed by atoms with E-state index in [0.717, 1.165) is 25.9 Å². The highest BCUT2D eigenvalue weighted by molar-refractivity contribution is 5.83. The lowest BCUT2D eigenvalue weighted by Gasteiger charge is -2.26. The molecule has 0 amide bonds. The zero-order valence-corrected chi connectivity index (χ0v) is 11.2. The maximum absolute atomic E-state index is 12.1. The molecule has 1 aliphatic carbocycles. The summed E-state index contributed by atoms with van der Waals surface area (Å²) in [4.78, 5) is 14.4.